The highest BCUT2D eigenvalue weighted by atomic mass is 79.9. The fourth-order valence-corrected chi connectivity index (χ4v) is 4.23. The molecule has 0 spiro atoms. The molecule has 0 fully saturated rings. The first-order chi connectivity index (χ1) is 7.80. The smallest absolute Gasteiger partial charge is 0.245 e. The summed E-state index contributed by atoms with van der Waals surface area (Å²) in [7, 11) is -2.44. The predicted molar refractivity (Wildman–Crippen MR) is 71.1 cm³/mol. The molecule has 0 amide bonds. The highest BCUT2D eigenvalue weighted by Gasteiger charge is 2.26. The van der Waals surface area contributed by atoms with Gasteiger partial charge in [-0.25, -0.2) is 8.42 Å². The second-order valence-electron chi connectivity index (χ2n) is 3.25. The van der Waals surface area contributed by atoms with Crippen LogP contribution in [-0.2, 0) is 10.0 Å². The van der Waals surface area contributed by atoms with Crippen molar-refractivity contribution in [3.8, 4) is 0 Å². The van der Waals surface area contributed by atoms with E-state index in [9.17, 15) is 8.42 Å². The molecule has 0 radical (unpaired) electrons. The topological polar surface area (TPSA) is 57.6 Å². The van der Waals surface area contributed by atoms with Crippen molar-refractivity contribution in [1.29, 1.82) is 0 Å². The average molecular weight is 363 g/mol. The fraction of sp³-hybridized carbons (Fsp3) is 0.333. The van der Waals surface area contributed by atoms with Crippen molar-refractivity contribution in [2.45, 2.75) is 4.90 Å². The van der Waals surface area contributed by atoms with Gasteiger partial charge in [0.1, 0.15) is 4.90 Å². The second-order valence-corrected chi connectivity index (χ2v) is 6.96. The number of aliphatic hydroxyl groups is 1. The van der Waals surface area contributed by atoms with Gasteiger partial charge in [0.15, 0.2) is 0 Å². The summed E-state index contributed by atoms with van der Waals surface area (Å²) < 4.78 is 25.8. The lowest BCUT2D eigenvalue weighted by Crippen LogP contribution is -2.30. The number of hydrogen-bond acceptors (Lipinski definition) is 3. The molecular formula is C9H10BrCl2NO3S. The van der Waals surface area contributed by atoms with Gasteiger partial charge in [0.2, 0.25) is 10.0 Å². The van der Waals surface area contributed by atoms with Crippen molar-refractivity contribution in [3.05, 3.63) is 26.7 Å². The molecule has 0 aliphatic rings. The van der Waals surface area contributed by atoms with Gasteiger partial charge in [-0.2, -0.15) is 4.31 Å². The molecule has 8 heteroatoms. The molecule has 1 aromatic carbocycles. The van der Waals surface area contributed by atoms with E-state index in [1.165, 1.54) is 19.2 Å². The molecular weight excluding hydrogens is 353 g/mol. The van der Waals surface area contributed by atoms with Gasteiger partial charge in [0.25, 0.3) is 0 Å². The molecule has 0 aliphatic carbocycles. The molecule has 1 aromatic rings. The third-order valence-electron chi connectivity index (χ3n) is 2.05. The standard InChI is InChI=1S/C9H10BrCl2NO3S/c1-13(2-3-14)17(15,16)9-7(11)4-6(10)5-8(9)12/h4-5,14H,2-3H2,1H3. The van der Waals surface area contributed by atoms with Gasteiger partial charge in [-0.15, -0.1) is 0 Å². The minimum Gasteiger partial charge on any atom is -0.395 e. The predicted octanol–water partition coefficient (Wildman–Crippen LogP) is 2.37. The van der Waals surface area contributed by atoms with Crippen LogP contribution in [0.1, 0.15) is 0 Å². The van der Waals surface area contributed by atoms with Crippen LogP contribution in [-0.4, -0.2) is 38.0 Å². The van der Waals surface area contributed by atoms with Crippen LogP contribution in [0.15, 0.2) is 21.5 Å². The summed E-state index contributed by atoms with van der Waals surface area (Å²) in [6.45, 7) is -0.299. The van der Waals surface area contributed by atoms with Gasteiger partial charge in [0, 0.05) is 18.1 Å². The zero-order valence-corrected chi connectivity index (χ0v) is 12.7. The maximum Gasteiger partial charge on any atom is 0.245 e. The van der Waals surface area contributed by atoms with E-state index >= 15 is 0 Å². The molecule has 1 N–H and O–H groups in total. The first kappa shape index (κ1) is 15.2. The van der Waals surface area contributed by atoms with Gasteiger partial charge in [-0.3, -0.25) is 0 Å². The quantitative estimate of drug-likeness (QED) is 0.894. The number of aliphatic hydroxyl groups excluding tert-OH is 1. The third kappa shape index (κ3) is 3.33. The maximum absolute atomic E-state index is 12.1. The zero-order valence-electron chi connectivity index (χ0n) is 8.82. The van der Waals surface area contributed by atoms with Crippen LogP contribution in [0.3, 0.4) is 0 Å². The summed E-state index contributed by atoms with van der Waals surface area (Å²) in [5, 5.41) is 8.82. The zero-order chi connectivity index (χ0) is 13.2. The van der Waals surface area contributed by atoms with Crippen LogP contribution in [0.4, 0.5) is 0 Å². The van der Waals surface area contributed by atoms with Crippen molar-refractivity contribution in [3.63, 3.8) is 0 Å². The first-order valence-electron chi connectivity index (χ1n) is 4.52. The normalized spacial score (nSPS) is 12.1. The van der Waals surface area contributed by atoms with E-state index < -0.39 is 10.0 Å². The molecule has 0 bridgehead atoms. The molecule has 0 saturated heterocycles. The Labute approximate surface area is 118 Å². The van der Waals surface area contributed by atoms with E-state index in [0.717, 1.165) is 4.31 Å². The van der Waals surface area contributed by atoms with E-state index in [-0.39, 0.29) is 28.1 Å². The van der Waals surface area contributed by atoms with Crippen LogP contribution >= 0.6 is 39.1 Å². The Morgan fingerprint density at radius 2 is 1.82 bits per heavy atom. The summed E-state index contributed by atoms with van der Waals surface area (Å²) in [4.78, 5) is -0.153. The van der Waals surface area contributed by atoms with E-state index in [2.05, 4.69) is 15.9 Å². The summed E-state index contributed by atoms with van der Waals surface area (Å²) >= 11 is 14.9. The number of sulfonamides is 1. The van der Waals surface area contributed by atoms with Crippen LogP contribution in [0.25, 0.3) is 0 Å². The van der Waals surface area contributed by atoms with Crippen molar-refractivity contribution in [2.75, 3.05) is 20.2 Å². The van der Waals surface area contributed by atoms with E-state index in [1.54, 1.807) is 0 Å². The molecule has 1 rings (SSSR count). The lowest BCUT2D eigenvalue weighted by atomic mass is 10.4. The monoisotopic (exact) mass is 361 g/mol. The summed E-state index contributed by atoms with van der Waals surface area (Å²) in [5.74, 6) is 0. The van der Waals surface area contributed by atoms with Crippen molar-refractivity contribution in [1.82, 2.24) is 4.31 Å². The Morgan fingerprint density at radius 3 is 2.24 bits per heavy atom. The number of likely N-dealkylation sites (N-methyl/N-ethyl adjacent to an activating group) is 1. The van der Waals surface area contributed by atoms with Crippen molar-refractivity contribution in [2.24, 2.45) is 0 Å². The molecule has 0 atom stereocenters. The molecule has 17 heavy (non-hydrogen) atoms. The average Bonchev–Trinajstić information content (AvgIpc) is 2.15. The van der Waals surface area contributed by atoms with Crippen LogP contribution in [0, 0.1) is 0 Å². The molecule has 96 valence electrons. The second kappa shape index (κ2) is 5.86. The fourth-order valence-electron chi connectivity index (χ4n) is 1.19. The molecule has 0 aliphatic heterocycles. The van der Waals surface area contributed by atoms with Crippen LogP contribution < -0.4 is 0 Å². The molecule has 0 unspecified atom stereocenters. The summed E-state index contributed by atoms with van der Waals surface area (Å²) in [6, 6.07) is 2.90. The first-order valence-corrected chi connectivity index (χ1v) is 7.51. The minimum absolute atomic E-state index is 0.0228. The van der Waals surface area contributed by atoms with Gasteiger partial charge in [0.05, 0.1) is 16.7 Å². The Balaban J connectivity index is 3.34. The minimum atomic E-state index is -3.79. The number of rotatable bonds is 4. The Morgan fingerprint density at radius 1 is 1.35 bits per heavy atom. The number of benzene rings is 1. The number of nitrogens with zero attached hydrogens (tertiary/aromatic N) is 1. The Bertz CT molecular complexity index is 498. The number of halogens is 3. The molecule has 0 heterocycles. The lowest BCUT2D eigenvalue weighted by Gasteiger charge is -2.17. The summed E-state index contributed by atoms with van der Waals surface area (Å²) in [5.41, 5.74) is 0. The van der Waals surface area contributed by atoms with E-state index in [1.807, 2.05) is 0 Å². The van der Waals surface area contributed by atoms with Crippen molar-refractivity contribution < 1.29 is 13.5 Å². The summed E-state index contributed by atoms with van der Waals surface area (Å²) in [6.07, 6.45) is 0. The highest BCUT2D eigenvalue weighted by molar-refractivity contribution is 9.10. The van der Waals surface area contributed by atoms with Gasteiger partial charge < -0.3 is 5.11 Å². The Kier molecular flexibility index (Phi) is 5.24. The van der Waals surface area contributed by atoms with Gasteiger partial charge in [-0.05, 0) is 12.1 Å². The van der Waals surface area contributed by atoms with Crippen LogP contribution in [0.5, 0.6) is 0 Å². The Hall–Kier alpha value is 0.150. The molecule has 4 nitrogen and oxygen atoms in total. The van der Waals surface area contributed by atoms with E-state index in [4.69, 9.17) is 28.3 Å². The third-order valence-corrected chi connectivity index (χ3v) is 5.28. The van der Waals surface area contributed by atoms with Gasteiger partial charge in [-0.1, -0.05) is 39.1 Å². The van der Waals surface area contributed by atoms with Crippen LogP contribution in [0.2, 0.25) is 10.0 Å². The van der Waals surface area contributed by atoms with Crippen molar-refractivity contribution >= 4 is 49.2 Å². The van der Waals surface area contributed by atoms with Gasteiger partial charge >= 0.3 is 0 Å². The number of hydrogen-bond donors (Lipinski definition) is 1. The van der Waals surface area contributed by atoms with E-state index in [0.29, 0.717) is 4.47 Å². The molecule has 0 aromatic heterocycles. The largest absolute Gasteiger partial charge is 0.395 e. The SMILES string of the molecule is CN(CCO)S(=O)(=O)c1c(Cl)cc(Br)cc1Cl. The lowest BCUT2D eigenvalue weighted by molar-refractivity contribution is 0.266. The maximum atomic E-state index is 12.1. The molecule has 0 saturated carbocycles. The highest BCUT2D eigenvalue weighted by Crippen LogP contribution is 2.34.